The van der Waals surface area contributed by atoms with Crippen molar-refractivity contribution in [3.8, 4) is 0 Å². The molecule has 0 radical (unpaired) electrons. The SMILES string of the molecule is CC(NC(=O)Cc1cccc(N)c1)c1ccc(Cl)cc1. The van der Waals surface area contributed by atoms with Crippen molar-refractivity contribution in [2.45, 2.75) is 19.4 Å². The maximum absolute atomic E-state index is 12.0. The van der Waals surface area contributed by atoms with E-state index in [-0.39, 0.29) is 11.9 Å². The van der Waals surface area contributed by atoms with E-state index in [4.69, 9.17) is 17.3 Å². The second-order valence-electron chi connectivity index (χ2n) is 4.76. The molecule has 2 aromatic carbocycles. The fraction of sp³-hybridized carbons (Fsp3) is 0.188. The van der Waals surface area contributed by atoms with Gasteiger partial charge < -0.3 is 11.1 Å². The molecule has 0 fully saturated rings. The van der Waals surface area contributed by atoms with E-state index in [0.717, 1.165) is 11.1 Å². The Bertz CT molecular complexity index is 596. The molecule has 1 unspecified atom stereocenters. The van der Waals surface area contributed by atoms with Gasteiger partial charge in [-0.1, -0.05) is 35.9 Å². The van der Waals surface area contributed by atoms with Crippen molar-refractivity contribution < 1.29 is 4.79 Å². The minimum Gasteiger partial charge on any atom is -0.399 e. The number of anilines is 1. The van der Waals surface area contributed by atoms with Crippen molar-refractivity contribution in [3.05, 3.63) is 64.7 Å². The Hall–Kier alpha value is -2.00. The van der Waals surface area contributed by atoms with E-state index >= 15 is 0 Å². The molecule has 0 aliphatic carbocycles. The Morgan fingerprint density at radius 3 is 2.60 bits per heavy atom. The van der Waals surface area contributed by atoms with Crippen LogP contribution in [-0.4, -0.2) is 5.91 Å². The van der Waals surface area contributed by atoms with Crippen molar-refractivity contribution in [1.82, 2.24) is 5.32 Å². The summed E-state index contributed by atoms with van der Waals surface area (Å²) in [5, 5.41) is 3.65. The number of carbonyl (C=O) groups is 1. The fourth-order valence-corrected chi connectivity index (χ4v) is 2.14. The van der Waals surface area contributed by atoms with Crippen LogP contribution in [0.1, 0.15) is 24.1 Å². The zero-order chi connectivity index (χ0) is 14.5. The van der Waals surface area contributed by atoms with E-state index in [1.807, 2.05) is 49.4 Å². The van der Waals surface area contributed by atoms with E-state index in [1.165, 1.54) is 0 Å². The third-order valence-corrected chi connectivity index (χ3v) is 3.32. The molecule has 0 saturated heterocycles. The molecule has 20 heavy (non-hydrogen) atoms. The molecular formula is C16H17ClN2O. The third-order valence-electron chi connectivity index (χ3n) is 3.06. The largest absolute Gasteiger partial charge is 0.399 e. The Kier molecular flexibility index (Phi) is 4.64. The van der Waals surface area contributed by atoms with Gasteiger partial charge in [-0.15, -0.1) is 0 Å². The van der Waals surface area contributed by atoms with Crippen molar-refractivity contribution in [3.63, 3.8) is 0 Å². The summed E-state index contributed by atoms with van der Waals surface area (Å²) in [6.07, 6.45) is 0.322. The Morgan fingerprint density at radius 1 is 1.25 bits per heavy atom. The molecule has 3 N–H and O–H groups in total. The molecule has 104 valence electrons. The van der Waals surface area contributed by atoms with Crippen molar-refractivity contribution in [2.75, 3.05) is 5.73 Å². The quantitative estimate of drug-likeness (QED) is 0.848. The molecule has 0 aliphatic rings. The average Bonchev–Trinajstić information content (AvgIpc) is 2.39. The summed E-state index contributed by atoms with van der Waals surface area (Å²) in [6, 6.07) is 14.8. The Balaban J connectivity index is 1.95. The summed E-state index contributed by atoms with van der Waals surface area (Å²) >= 11 is 5.85. The number of nitrogens with one attached hydrogen (secondary N) is 1. The molecule has 0 aliphatic heterocycles. The molecule has 3 nitrogen and oxygen atoms in total. The molecule has 0 bridgehead atoms. The maximum atomic E-state index is 12.0. The van der Waals surface area contributed by atoms with E-state index in [1.54, 1.807) is 6.07 Å². The number of benzene rings is 2. The minimum atomic E-state index is -0.0548. The van der Waals surface area contributed by atoms with Crippen LogP contribution in [0.5, 0.6) is 0 Å². The van der Waals surface area contributed by atoms with Gasteiger partial charge in [0.2, 0.25) is 5.91 Å². The first kappa shape index (κ1) is 14.4. The maximum Gasteiger partial charge on any atom is 0.224 e. The minimum absolute atomic E-state index is 0.0296. The van der Waals surface area contributed by atoms with Gasteiger partial charge in [-0.2, -0.15) is 0 Å². The number of nitrogens with two attached hydrogens (primary N) is 1. The summed E-state index contributed by atoms with van der Waals surface area (Å²) in [4.78, 5) is 12.0. The lowest BCUT2D eigenvalue weighted by Crippen LogP contribution is -2.28. The van der Waals surface area contributed by atoms with Crippen molar-refractivity contribution >= 4 is 23.2 Å². The molecule has 0 spiro atoms. The van der Waals surface area contributed by atoms with Gasteiger partial charge in [-0.25, -0.2) is 0 Å². The smallest absolute Gasteiger partial charge is 0.224 e. The van der Waals surface area contributed by atoms with Crippen LogP contribution < -0.4 is 11.1 Å². The molecule has 0 saturated carbocycles. The topological polar surface area (TPSA) is 55.1 Å². The predicted octanol–water partition coefficient (Wildman–Crippen LogP) is 3.34. The lowest BCUT2D eigenvalue weighted by Gasteiger charge is -2.14. The second-order valence-corrected chi connectivity index (χ2v) is 5.20. The lowest BCUT2D eigenvalue weighted by atomic mass is 10.1. The number of hydrogen-bond donors (Lipinski definition) is 2. The first-order valence-electron chi connectivity index (χ1n) is 6.44. The van der Waals surface area contributed by atoms with Gasteiger partial charge in [-0.05, 0) is 42.3 Å². The van der Waals surface area contributed by atoms with Gasteiger partial charge in [0, 0.05) is 10.7 Å². The Labute approximate surface area is 123 Å². The predicted molar refractivity (Wildman–Crippen MR) is 82.6 cm³/mol. The first-order valence-corrected chi connectivity index (χ1v) is 6.81. The first-order chi connectivity index (χ1) is 9.54. The molecule has 1 atom stereocenters. The summed E-state index contributed by atoms with van der Waals surface area (Å²) in [7, 11) is 0. The van der Waals surface area contributed by atoms with Gasteiger partial charge >= 0.3 is 0 Å². The molecule has 1 amide bonds. The van der Waals surface area contributed by atoms with Gasteiger partial charge in [0.1, 0.15) is 0 Å². The highest BCUT2D eigenvalue weighted by Crippen LogP contribution is 2.16. The standard InChI is InChI=1S/C16H17ClN2O/c1-11(13-5-7-14(17)8-6-13)19-16(20)10-12-3-2-4-15(18)9-12/h2-9,11H,10,18H2,1H3,(H,19,20). The summed E-state index contributed by atoms with van der Waals surface area (Å²) in [6.45, 7) is 1.94. The van der Waals surface area contributed by atoms with Crippen molar-refractivity contribution in [1.29, 1.82) is 0 Å². The van der Waals surface area contributed by atoms with Crippen LogP contribution in [-0.2, 0) is 11.2 Å². The number of amides is 1. The van der Waals surface area contributed by atoms with Crippen LogP contribution >= 0.6 is 11.6 Å². The lowest BCUT2D eigenvalue weighted by molar-refractivity contribution is -0.121. The van der Waals surface area contributed by atoms with Crippen LogP contribution in [0.15, 0.2) is 48.5 Å². The number of hydrogen-bond acceptors (Lipinski definition) is 2. The molecule has 0 aromatic heterocycles. The summed E-state index contributed by atoms with van der Waals surface area (Å²) < 4.78 is 0. The number of halogens is 1. The van der Waals surface area contributed by atoms with E-state index in [0.29, 0.717) is 17.1 Å². The second kappa shape index (κ2) is 6.44. The van der Waals surface area contributed by atoms with E-state index < -0.39 is 0 Å². The molecular weight excluding hydrogens is 272 g/mol. The van der Waals surface area contributed by atoms with E-state index in [2.05, 4.69) is 5.32 Å². The van der Waals surface area contributed by atoms with Crippen molar-refractivity contribution in [2.24, 2.45) is 0 Å². The highest BCUT2D eigenvalue weighted by molar-refractivity contribution is 6.30. The van der Waals surface area contributed by atoms with Gasteiger partial charge in [0.25, 0.3) is 0 Å². The Morgan fingerprint density at radius 2 is 1.95 bits per heavy atom. The van der Waals surface area contributed by atoms with E-state index in [9.17, 15) is 4.79 Å². The average molecular weight is 289 g/mol. The molecule has 2 aromatic rings. The van der Waals surface area contributed by atoms with Crippen LogP contribution in [0.3, 0.4) is 0 Å². The fourth-order valence-electron chi connectivity index (χ4n) is 2.02. The number of carbonyl (C=O) groups excluding carboxylic acids is 1. The van der Waals surface area contributed by atoms with Gasteiger partial charge in [0.15, 0.2) is 0 Å². The van der Waals surface area contributed by atoms with Gasteiger partial charge in [-0.3, -0.25) is 4.79 Å². The number of nitrogen functional groups attached to an aromatic ring is 1. The summed E-state index contributed by atoms with van der Waals surface area (Å²) in [5.74, 6) is -0.0296. The molecule has 0 heterocycles. The molecule has 4 heteroatoms. The zero-order valence-corrected chi connectivity index (χ0v) is 12.0. The monoisotopic (exact) mass is 288 g/mol. The van der Waals surface area contributed by atoms with Crippen LogP contribution in [0.2, 0.25) is 5.02 Å². The molecule has 2 rings (SSSR count). The van der Waals surface area contributed by atoms with Gasteiger partial charge in [0.05, 0.1) is 12.5 Å². The number of rotatable bonds is 4. The zero-order valence-electron chi connectivity index (χ0n) is 11.3. The van der Waals surface area contributed by atoms with Crippen LogP contribution in [0, 0.1) is 0 Å². The summed E-state index contributed by atoms with van der Waals surface area (Å²) in [5.41, 5.74) is 8.30. The van der Waals surface area contributed by atoms with Crippen LogP contribution in [0.25, 0.3) is 0 Å². The highest BCUT2D eigenvalue weighted by atomic mass is 35.5. The normalized spacial score (nSPS) is 11.9. The highest BCUT2D eigenvalue weighted by Gasteiger charge is 2.10. The van der Waals surface area contributed by atoms with Crippen LogP contribution in [0.4, 0.5) is 5.69 Å². The third kappa shape index (κ3) is 4.00.